The Hall–Kier alpha value is -2.43. The van der Waals surface area contributed by atoms with Gasteiger partial charge in [0.15, 0.2) is 0 Å². The Labute approximate surface area is 117 Å². The minimum atomic E-state index is -0.467. The summed E-state index contributed by atoms with van der Waals surface area (Å²) in [7, 11) is 0. The predicted octanol–water partition coefficient (Wildman–Crippen LogP) is 4.04. The van der Waals surface area contributed by atoms with Crippen molar-refractivity contribution in [2.45, 2.75) is 26.7 Å². The number of ether oxygens (including phenoxy) is 1. The van der Waals surface area contributed by atoms with Gasteiger partial charge in [0.2, 0.25) is 5.88 Å². The maximum Gasteiger partial charge on any atom is 0.288 e. The highest BCUT2D eigenvalue weighted by Crippen LogP contribution is 2.26. The first-order chi connectivity index (χ1) is 9.60. The third kappa shape index (κ3) is 3.32. The minimum absolute atomic E-state index is 0.0328. The van der Waals surface area contributed by atoms with Crippen LogP contribution in [-0.4, -0.2) is 9.91 Å². The summed E-state index contributed by atoms with van der Waals surface area (Å²) in [6.07, 6.45) is 3.26. The highest BCUT2D eigenvalue weighted by molar-refractivity contribution is 5.39. The molecule has 0 fully saturated rings. The molecule has 1 aromatic carbocycles. The molecule has 1 aromatic heterocycles. The van der Waals surface area contributed by atoms with Crippen LogP contribution in [-0.2, 0) is 6.42 Å². The molecule has 0 N–H and O–H groups in total. The molecular formula is C15H16N2O3. The van der Waals surface area contributed by atoms with Crippen LogP contribution in [0.4, 0.5) is 5.69 Å². The molecule has 0 radical (unpaired) electrons. The average Bonchev–Trinajstić information content (AvgIpc) is 2.42. The lowest BCUT2D eigenvalue weighted by Gasteiger charge is -2.08. The quantitative estimate of drug-likeness (QED) is 0.608. The van der Waals surface area contributed by atoms with Gasteiger partial charge >= 0.3 is 0 Å². The Morgan fingerprint density at radius 1 is 1.35 bits per heavy atom. The van der Waals surface area contributed by atoms with Gasteiger partial charge in [-0.1, -0.05) is 25.5 Å². The number of benzene rings is 1. The molecule has 104 valence electrons. The molecule has 0 unspecified atom stereocenters. The maximum atomic E-state index is 10.7. The molecule has 0 aliphatic heterocycles. The molecule has 20 heavy (non-hydrogen) atoms. The number of nitrogens with zero attached hydrogens (tertiary/aromatic N) is 2. The van der Waals surface area contributed by atoms with Crippen molar-refractivity contribution in [3.05, 3.63) is 57.8 Å². The first-order valence-electron chi connectivity index (χ1n) is 6.48. The van der Waals surface area contributed by atoms with Crippen LogP contribution in [0.1, 0.15) is 24.5 Å². The standard InChI is InChI=1S/C15H16N2O3/c1-3-5-12-6-4-7-14(9-12)20-15-11(2)8-13(10-16-15)17(18)19/h4,6-10H,3,5H2,1-2H3. The van der Waals surface area contributed by atoms with E-state index in [-0.39, 0.29) is 5.69 Å². The van der Waals surface area contributed by atoms with Gasteiger partial charge in [-0.2, -0.15) is 0 Å². The first-order valence-corrected chi connectivity index (χ1v) is 6.48. The molecule has 5 heteroatoms. The summed E-state index contributed by atoms with van der Waals surface area (Å²) in [5, 5.41) is 10.7. The van der Waals surface area contributed by atoms with E-state index in [0.29, 0.717) is 17.2 Å². The van der Waals surface area contributed by atoms with Crippen molar-refractivity contribution < 1.29 is 9.66 Å². The fraction of sp³-hybridized carbons (Fsp3) is 0.267. The molecule has 2 aromatic rings. The van der Waals surface area contributed by atoms with Crippen molar-refractivity contribution in [1.82, 2.24) is 4.98 Å². The van der Waals surface area contributed by atoms with Crippen LogP contribution in [0, 0.1) is 17.0 Å². The van der Waals surface area contributed by atoms with E-state index >= 15 is 0 Å². The van der Waals surface area contributed by atoms with Crippen LogP contribution >= 0.6 is 0 Å². The van der Waals surface area contributed by atoms with Gasteiger partial charge in [-0.05, 0) is 31.0 Å². The van der Waals surface area contributed by atoms with Gasteiger partial charge < -0.3 is 4.74 Å². The highest BCUT2D eigenvalue weighted by Gasteiger charge is 2.11. The summed E-state index contributed by atoms with van der Waals surface area (Å²) in [5.74, 6) is 1.09. The highest BCUT2D eigenvalue weighted by atomic mass is 16.6. The molecule has 0 atom stereocenters. The number of rotatable bonds is 5. The number of nitro groups is 1. The summed E-state index contributed by atoms with van der Waals surface area (Å²) in [5.41, 5.74) is 1.80. The third-order valence-electron chi connectivity index (χ3n) is 2.88. The summed E-state index contributed by atoms with van der Waals surface area (Å²) >= 11 is 0. The van der Waals surface area contributed by atoms with Gasteiger partial charge in [0.25, 0.3) is 5.69 Å². The van der Waals surface area contributed by atoms with Crippen LogP contribution in [0.3, 0.4) is 0 Å². The molecule has 0 aliphatic rings. The van der Waals surface area contributed by atoms with E-state index in [9.17, 15) is 10.1 Å². The summed E-state index contributed by atoms with van der Waals surface area (Å²) in [4.78, 5) is 14.2. The van der Waals surface area contributed by atoms with Gasteiger partial charge in [-0.25, -0.2) is 4.98 Å². The molecule has 0 aliphatic carbocycles. The first kappa shape index (κ1) is 14.0. The molecule has 2 rings (SSSR count). The van der Waals surface area contributed by atoms with Gasteiger partial charge in [0, 0.05) is 11.6 Å². The Bertz CT molecular complexity index is 626. The van der Waals surface area contributed by atoms with Crippen LogP contribution in [0.15, 0.2) is 36.5 Å². The zero-order valence-corrected chi connectivity index (χ0v) is 11.5. The second-order valence-corrected chi connectivity index (χ2v) is 4.57. The number of aromatic nitrogens is 1. The van der Waals surface area contributed by atoms with E-state index < -0.39 is 4.92 Å². The van der Waals surface area contributed by atoms with Crippen molar-refractivity contribution in [3.8, 4) is 11.6 Å². The zero-order valence-electron chi connectivity index (χ0n) is 11.5. The summed E-state index contributed by atoms with van der Waals surface area (Å²) < 4.78 is 5.70. The monoisotopic (exact) mass is 272 g/mol. The van der Waals surface area contributed by atoms with E-state index in [1.54, 1.807) is 6.92 Å². The van der Waals surface area contributed by atoms with Crippen molar-refractivity contribution in [1.29, 1.82) is 0 Å². The van der Waals surface area contributed by atoms with Crippen LogP contribution < -0.4 is 4.74 Å². The van der Waals surface area contributed by atoms with E-state index in [1.807, 2.05) is 24.3 Å². The third-order valence-corrected chi connectivity index (χ3v) is 2.88. The van der Waals surface area contributed by atoms with Crippen LogP contribution in [0.2, 0.25) is 0 Å². The molecule has 0 spiro atoms. The Kier molecular flexibility index (Phi) is 4.30. The normalized spacial score (nSPS) is 10.3. The van der Waals surface area contributed by atoms with Crippen molar-refractivity contribution >= 4 is 5.69 Å². The lowest BCUT2D eigenvalue weighted by molar-refractivity contribution is -0.385. The summed E-state index contributed by atoms with van der Waals surface area (Å²) in [6, 6.07) is 9.25. The maximum absolute atomic E-state index is 10.7. The largest absolute Gasteiger partial charge is 0.439 e. The topological polar surface area (TPSA) is 65.3 Å². The summed E-state index contributed by atoms with van der Waals surface area (Å²) in [6.45, 7) is 3.86. The van der Waals surface area contributed by atoms with Crippen molar-refractivity contribution in [2.24, 2.45) is 0 Å². The van der Waals surface area contributed by atoms with E-state index in [1.165, 1.54) is 17.8 Å². The number of hydrogen-bond acceptors (Lipinski definition) is 4. The lowest BCUT2D eigenvalue weighted by atomic mass is 10.1. The smallest absolute Gasteiger partial charge is 0.288 e. The molecule has 0 saturated carbocycles. The SMILES string of the molecule is CCCc1cccc(Oc2ncc([N+](=O)[O-])cc2C)c1. The van der Waals surface area contributed by atoms with Crippen molar-refractivity contribution in [3.63, 3.8) is 0 Å². The fourth-order valence-corrected chi connectivity index (χ4v) is 1.92. The second-order valence-electron chi connectivity index (χ2n) is 4.57. The molecule has 0 saturated heterocycles. The minimum Gasteiger partial charge on any atom is -0.439 e. The Balaban J connectivity index is 2.21. The van der Waals surface area contributed by atoms with Crippen LogP contribution in [0.25, 0.3) is 0 Å². The molecule has 5 nitrogen and oxygen atoms in total. The predicted molar refractivity (Wildman–Crippen MR) is 76.1 cm³/mol. The van der Waals surface area contributed by atoms with E-state index in [0.717, 1.165) is 12.8 Å². The average molecular weight is 272 g/mol. The van der Waals surface area contributed by atoms with Gasteiger partial charge in [0.05, 0.1) is 4.92 Å². The van der Waals surface area contributed by atoms with Gasteiger partial charge in [-0.3, -0.25) is 10.1 Å². The number of hydrogen-bond donors (Lipinski definition) is 0. The zero-order chi connectivity index (χ0) is 14.5. The fourth-order valence-electron chi connectivity index (χ4n) is 1.92. The Morgan fingerprint density at radius 3 is 2.80 bits per heavy atom. The van der Waals surface area contributed by atoms with Gasteiger partial charge in [0.1, 0.15) is 11.9 Å². The number of pyridine rings is 1. The molecular weight excluding hydrogens is 256 g/mol. The van der Waals surface area contributed by atoms with E-state index in [4.69, 9.17) is 4.74 Å². The lowest BCUT2D eigenvalue weighted by Crippen LogP contribution is -1.95. The second kappa shape index (κ2) is 6.14. The molecule has 0 bridgehead atoms. The van der Waals surface area contributed by atoms with Crippen LogP contribution in [0.5, 0.6) is 11.6 Å². The number of aryl methyl sites for hydroxylation is 2. The van der Waals surface area contributed by atoms with Gasteiger partial charge in [-0.15, -0.1) is 0 Å². The van der Waals surface area contributed by atoms with Crippen molar-refractivity contribution in [2.75, 3.05) is 0 Å². The van der Waals surface area contributed by atoms with E-state index in [2.05, 4.69) is 11.9 Å². The Morgan fingerprint density at radius 2 is 2.15 bits per heavy atom. The molecule has 1 heterocycles. The molecule has 0 amide bonds.